The topological polar surface area (TPSA) is 61.4 Å². The summed E-state index contributed by atoms with van der Waals surface area (Å²) in [7, 11) is 0. The van der Waals surface area contributed by atoms with Crippen LogP contribution < -0.4 is 10.6 Å². The Hall–Kier alpha value is -1.88. The van der Waals surface area contributed by atoms with Gasteiger partial charge >= 0.3 is 6.03 Å². The quantitative estimate of drug-likeness (QED) is 0.786. The van der Waals surface area contributed by atoms with Gasteiger partial charge in [-0.15, -0.1) is 0 Å². The van der Waals surface area contributed by atoms with Gasteiger partial charge in [0.05, 0.1) is 0 Å². The number of carbonyl (C=O) groups is 2. The standard InChI is InChI=1S/C14H17N3O2/c1-14(12(18)15-13(19)16-14)11-8-17(9-11)7-10-5-3-2-4-6-10/h2-6,11H,7-9H2,1H3,(H2,15,16,18,19). The summed E-state index contributed by atoms with van der Waals surface area (Å²) in [5.74, 6) is -0.0236. The zero-order chi connectivity index (χ0) is 13.5. The Morgan fingerprint density at radius 3 is 2.53 bits per heavy atom. The Bertz CT molecular complexity index is 511. The van der Waals surface area contributed by atoms with E-state index < -0.39 is 5.54 Å². The van der Waals surface area contributed by atoms with Crippen LogP contribution in [0.1, 0.15) is 12.5 Å². The maximum absolute atomic E-state index is 11.8. The van der Waals surface area contributed by atoms with E-state index in [-0.39, 0.29) is 17.9 Å². The maximum Gasteiger partial charge on any atom is 0.322 e. The third-order valence-corrected chi connectivity index (χ3v) is 4.09. The van der Waals surface area contributed by atoms with Crippen molar-refractivity contribution in [2.24, 2.45) is 5.92 Å². The Morgan fingerprint density at radius 2 is 1.95 bits per heavy atom. The van der Waals surface area contributed by atoms with Crippen LogP contribution in [-0.2, 0) is 11.3 Å². The number of likely N-dealkylation sites (tertiary alicyclic amines) is 1. The highest BCUT2D eigenvalue weighted by molar-refractivity contribution is 6.07. The van der Waals surface area contributed by atoms with Crippen molar-refractivity contribution >= 4 is 11.9 Å². The molecule has 0 saturated carbocycles. The molecule has 1 aromatic carbocycles. The molecule has 2 saturated heterocycles. The zero-order valence-electron chi connectivity index (χ0n) is 10.8. The van der Waals surface area contributed by atoms with Crippen molar-refractivity contribution in [1.82, 2.24) is 15.5 Å². The molecule has 0 spiro atoms. The average Bonchev–Trinajstić information content (AvgIpc) is 2.59. The summed E-state index contributed by atoms with van der Waals surface area (Å²) in [4.78, 5) is 25.3. The van der Waals surface area contributed by atoms with Crippen LogP contribution in [-0.4, -0.2) is 35.5 Å². The van der Waals surface area contributed by atoms with E-state index in [2.05, 4.69) is 27.7 Å². The molecule has 5 heteroatoms. The van der Waals surface area contributed by atoms with E-state index in [1.807, 2.05) is 18.2 Å². The van der Waals surface area contributed by atoms with Crippen molar-refractivity contribution in [2.45, 2.75) is 19.0 Å². The lowest BCUT2D eigenvalue weighted by atomic mass is 9.80. The summed E-state index contributed by atoms with van der Waals surface area (Å²) in [6.45, 7) is 4.36. The van der Waals surface area contributed by atoms with Crippen molar-refractivity contribution in [1.29, 1.82) is 0 Å². The predicted molar refractivity (Wildman–Crippen MR) is 70.3 cm³/mol. The summed E-state index contributed by atoms with van der Waals surface area (Å²) in [6, 6.07) is 9.87. The molecule has 0 bridgehead atoms. The lowest BCUT2D eigenvalue weighted by Gasteiger charge is -2.45. The number of nitrogens with one attached hydrogen (secondary N) is 2. The molecule has 5 nitrogen and oxygen atoms in total. The summed E-state index contributed by atoms with van der Waals surface area (Å²) in [5.41, 5.74) is 0.524. The fourth-order valence-corrected chi connectivity index (χ4v) is 2.75. The normalized spacial score (nSPS) is 27.8. The average molecular weight is 259 g/mol. The van der Waals surface area contributed by atoms with Crippen LogP contribution in [0.25, 0.3) is 0 Å². The number of imide groups is 1. The smallest absolute Gasteiger partial charge is 0.322 e. The Kier molecular flexibility index (Phi) is 2.78. The van der Waals surface area contributed by atoms with Crippen LogP contribution in [0.5, 0.6) is 0 Å². The highest BCUT2D eigenvalue weighted by atomic mass is 16.2. The van der Waals surface area contributed by atoms with Crippen molar-refractivity contribution in [2.75, 3.05) is 13.1 Å². The minimum atomic E-state index is -0.746. The monoisotopic (exact) mass is 259 g/mol. The number of urea groups is 1. The molecule has 2 N–H and O–H groups in total. The van der Waals surface area contributed by atoms with Gasteiger partial charge in [0, 0.05) is 25.6 Å². The number of amides is 3. The second-order valence-electron chi connectivity index (χ2n) is 5.49. The van der Waals surface area contributed by atoms with Gasteiger partial charge in [-0.1, -0.05) is 30.3 Å². The van der Waals surface area contributed by atoms with Crippen LogP contribution in [0.3, 0.4) is 0 Å². The summed E-state index contributed by atoms with van der Waals surface area (Å²) in [5, 5.41) is 5.05. The van der Waals surface area contributed by atoms with Crippen LogP contribution in [0, 0.1) is 5.92 Å². The molecule has 3 amide bonds. The van der Waals surface area contributed by atoms with Gasteiger partial charge in [0.2, 0.25) is 0 Å². The van der Waals surface area contributed by atoms with E-state index in [0.29, 0.717) is 0 Å². The summed E-state index contributed by atoms with van der Waals surface area (Å²) >= 11 is 0. The van der Waals surface area contributed by atoms with Crippen LogP contribution >= 0.6 is 0 Å². The molecular weight excluding hydrogens is 242 g/mol. The Balaban J connectivity index is 1.58. The van der Waals surface area contributed by atoms with Gasteiger partial charge in [0.25, 0.3) is 5.91 Å². The molecule has 19 heavy (non-hydrogen) atoms. The fourth-order valence-electron chi connectivity index (χ4n) is 2.75. The Labute approximate surface area is 112 Å². The molecule has 0 aromatic heterocycles. The lowest BCUT2D eigenvalue weighted by Crippen LogP contribution is -2.63. The van der Waals surface area contributed by atoms with Gasteiger partial charge in [-0.3, -0.25) is 15.0 Å². The van der Waals surface area contributed by atoms with E-state index in [4.69, 9.17) is 0 Å². The minimum absolute atomic E-state index is 0.183. The molecule has 100 valence electrons. The number of hydrogen-bond acceptors (Lipinski definition) is 3. The highest BCUT2D eigenvalue weighted by Gasteiger charge is 2.51. The first-order chi connectivity index (χ1) is 9.08. The predicted octanol–water partition coefficient (Wildman–Crippen LogP) is 0.716. The van der Waals surface area contributed by atoms with Crippen molar-refractivity contribution in [3.8, 4) is 0 Å². The van der Waals surface area contributed by atoms with E-state index >= 15 is 0 Å². The number of carbonyl (C=O) groups excluding carboxylic acids is 2. The second kappa shape index (κ2) is 4.35. The summed E-state index contributed by atoms with van der Waals surface area (Å²) < 4.78 is 0. The first-order valence-corrected chi connectivity index (χ1v) is 6.48. The van der Waals surface area contributed by atoms with Gasteiger partial charge in [0.1, 0.15) is 5.54 Å². The maximum atomic E-state index is 11.8. The van der Waals surface area contributed by atoms with E-state index in [1.54, 1.807) is 6.92 Å². The number of benzene rings is 1. The highest BCUT2D eigenvalue weighted by Crippen LogP contribution is 2.30. The molecule has 3 rings (SSSR count). The molecule has 2 heterocycles. The molecule has 1 atom stereocenters. The molecular formula is C14H17N3O2. The molecule has 2 aliphatic rings. The van der Waals surface area contributed by atoms with Gasteiger partial charge in [-0.25, -0.2) is 4.79 Å². The van der Waals surface area contributed by atoms with E-state index in [1.165, 1.54) is 5.56 Å². The zero-order valence-corrected chi connectivity index (χ0v) is 10.8. The molecule has 1 unspecified atom stereocenters. The minimum Gasteiger partial charge on any atom is -0.323 e. The number of hydrogen-bond donors (Lipinski definition) is 2. The fraction of sp³-hybridized carbons (Fsp3) is 0.429. The SMILES string of the molecule is CC1(C2CN(Cc3ccccc3)C2)NC(=O)NC1=O. The van der Waals surface area contributed by atoms with Crippen LogP contribution in [0.2, 0.25) is 0 Å². The summed E-state index contributed by atoms with van der Waals surface area (Å²) in [6.07, 6.45) is 0. The molecule has 2 aliphatic heterocycles. The van der Waals surface area contributed by atoms with Gasteiger partial charge < -0.3 is 5.32 Å². The van der Waals surface area contributed by atoms with Gasteiger partial charge in [-0.2, -0.15) is 0 Å². The number of nitrogens with zero attached hydrogens (tertiary/aromatic N) is 1. The third-order valence-electron chi connectivity index (χ3n) is 4.09. The van der Waals surface area contributed by atoms with Crippen molar-refractivity contribution < 1.29 is 9.59 Å². The van der Waals surface area contributed by atoms with Crippen molar-refractivity contribution in [3.63, 3.8) is 0 Å². The van der Waals surface area contributed by atoms with Crippen LogP contribution in [0.4, 0.5) is 4.79 Å². The third kappa shape index (κ3) is 2.10. The molecule has 0 radical (unpaired) electrons. The second-order valence-corrected chi connectivity index (χ2v) is 5.49. The van der Waals surface area contributed by atoms with Gasteiger partial charge in [0.15, 0.2) is 0 Å². The molecule has 0 aliphatic carbocycles. The first-order valence-electron chi connectivity index (χ1n) is 6.48. The van der Waals surface area contributed by atoms with E-state index in [0.717, 1.165) is 19.6 Å². The Morgan fingerprint density at radius 1 is 1.26 bits per heavy atom. The van der Waals surface area contributed by atoms with Crippen LogP contribution in [0.15, 0.2) is 30.3 Å². The molecule has 1 aromatic rings. The molecule has 2 fully saturated rings. The van der Waals surface area contributed by atoms with Gasteiger partial charge in [-0.05, 0) is 12.5 Å². The number of rotatable bonds is 3. The lowest BCUT2D eigenvalue weighted by molar-refractivity contribution is -0.128. The van der Waals surface area contributed by atoms with Crippen molar-refractivity contribution in [3.05, 3.63) is 35.9 Å². The van der Waals surface area contributed by atoms with E-state index in [9.17, 15) is 9.59 Å². The first kappa shape index (κ1) is 12.2. The largest absolute Gasteiger partial charge is 0.323 e.